The number of ether oxygens (including phenoxy) is 1. The van der Waals surface area contributed by atoms with Gasteiger partial charge in [0.1, 0.15) is 0 Å². The van der Waals surface area contributed by atoms with Crippen LogP contribution in [0.25, 0.3) is 5.65 Å². The minimum absolute atomic E-state index is 0.0324. The third kappa shape index (κ3) is 3.87. The van der Waals surface area contributed by atoms with Gasteiger partial charge in [-0.15, -0.1) is 10.2 Å². The van der Waals surface area contributed by atoms with Crippen LogP contribution in [0.2, 0.25) is 0 Å². The number of aliphatic hydroxyl groups is 1. The van der Waals surface area contributed by atoms with E-state index < -0.39 is 29.3 Å². The molecule has 0 fully saturated rings. The zero-order chi connectivity index (χ0) is 23.1. The van der Waals surface area contributed by atoms with E-state index in [1.165, 1.54) is 19.4 Å². The monoisotopic (exact) mass is 436 g/mol. The Balaban J connectivity index is 2.29. The number of fused-ring (bicyclic) bond motifs is 1. The molecule has 0 saturated heterocycles. The van der Waals surface area contributed by atoms with Crippen molar-refractivity contribution in [1.29, 1.82) is 0 Å². The molecule has 0 aliphatic heterocycles. The molecule has 3 rings (SSSR count). The first-order valence-corrected chi connectivity index (χ1v) is 9.49. The van der Waals surface area contributed by atoms with E-state index in [9.17, 15) is 23.1 Å². The molecule has 31 heavy (non-hydrogen) atoms. The smallest absolute Gasteiger partial charge is 0.452 e. The van der Waals surface area contributed by atoms with Crippen LogP contribution in [0.5, 0.6) is 0 Å². The van der Waals surface area contributed by atoms with Crippen LogP contribution in [0, 0.1) is 19.3 Å². The van der Waals surface area contributed by atoms with E-state index in [2.05, 4.69) is 15.2 Å². The van der Waals surface area contributed by atoms with Crippen LogP contribution in [0.1, 0.15) is 53.5 Å². The number of alkyl halides is 3. The number of methoxy groups -OCH3 is 1. The number of aromatic nitrogens is 4. The normalized spacial score (nSPS) is 13.5. The Morgan fingerprint density at radius 3 is 2.52 bits per heavy atom. The van der Waals surface area contributed by atoms with Gasteiger partial charge in [0.15, 0.2) is 5.65 Å². The second kappa shape index (κ2) is 7.92. The van der Waals surface area contributed by atoms with Crippen LogP contribution in [0.3, 0.4) is 0 Å². The van der Waals surface area contributed by atoms with Crippen LogP contribution >= 0.6 is 0 Å². The molecule has 0 saturated carbocycles. The summed E-state index contributed by atoms with van der Waals surface area (Å²) < 4.78 is 45.6. The Morgan fingerprint density at radius 2 is 1.94 bits per heavy atom. The van der Waals surface area contributed by atoms with Crippen molar-refractivity contribution in [2.24, 2.45) is 5.41 Å². The zero-order valence-electron chi connectivity index (χ0n) is 17.8. The Hall–Kier alpha value is -3.01. The summed E-state index contributed by atoms with van der Waals surface area (Å²) >= 11 is 0. The van der Waals surface area contributed by atoms with Gasteiger partial charge in [-0.3, -0.25) is 14.2 Å². The quantitative estimate of drug-likeness (QED) is 0.615. The fourth-order valence-electron chi connectivity index (χ4n) is 3.81. The highest BCUT2D eigenvalue weighted by atomic mass is 19.4. The second-order valence-electron chi connectivity index (χ2n) is 7.95. The molecule has 0 aliphatic carbocycles. The molecule has 0 bridgehead atoms. The number of carbonyl (C=O) groups excluding carboxylic acids is 1. The van der Waals surface area contributed by atoms with E-state index in [1.54, 1.807) is 40.0 Å². The van der Waals surface area contributed by atoms with E-state index in [0.29, 0.717) is 22.4 Å². The summed E-state index contributed by atoms with van der Waals surface area (Å²) in [6, 6.07) is 3.20. The molecule has 0 amide bonds. The van der Waals surface area contributed by atoms with Gasteiger partial charge in [-0.1, -0.05) is 0 Å². The van der Waals surface area contributed by atoms with E-state index >= 15 is 0 Å². The first-order chi connectivity index (χ1) is 14.4. The minimum atomic E-state index is -4.66. The fourth-order valence-corrected chi connectivity index (χ4v) is 3.81. The Kier molecular flexibility index (Phi) is 5.79. The number of halogens is 3. The third-order valence-corrected chi connectivity index (χ3v) is 5.57. The van der Waals surface area contributed by atoms with Crippen molar-refractivity contribution >= 4 is 11.6 Å². The molecule has 0 aliphatic rings. The highest BCUT2D eigenvalue weighted by Gasteiger charge is 2.43. The van der Waals surface area contributed by atoms with Crippen molar-refractivity contribution in [3.05, 3.63) is 58.3 Å². The molecule has 0 radical (unpaired) electrons. The standard InChI is InChI=1S/C21H23F3N4O3/c1-11-9-25-15(8-13(11)10-29)16(20(3,4)19(30)31-5)14-6-7-28-17(12(14)2)26-27-18(28)21(22,23)24/h6-9,16,29H,10H2,1-5H3. The van der Waals surface area contributed by atoms with E-state index in [-0.39, 0.29) is 12.3 Å². The number of aryl methyl sites for hydroxylation is 2. The maximum Gasteiger partial charge on any atom is 0.452 e. The molecule has 1 unspecified atom stereocenters. The van der Waals surface area contributed by atoms with Crippen LogP contribution in [0.15, 0.2) is 24.5 Å². The highest BCUT2D eigenvalue weighted by molar-refractivity contribution is 5.78. The lowest BCUT2D eigenvalue weighted by Gasteiger charge is -2.33. The topological polar surface area (TPSA) is 89.6 Å². The molecule has 1 atom stereocenters. The van der Waals surface area contributed by atoms with E-state index in [0.717, 1.165) is 9.96 Å². The van der Waals surface area contributed by atoms with Crippen molar-refractivity contribution in [3.63, 3.8) is 0 Å². The predicted molar refractivity (Wildman–Crippen MR) is 105 cm³/mol. The molecule has 10 heteroatoms. The van der Waals surface area contributed by atoms with Gasteiger partial charge in [0.05, 0.1) is 19.1 Å². The van der Waals surface area contributed by atoms with Crippen LogP contribution in [-0.4, -0.2) is 37.8 Å². The van der Waals surface area contributed by atoms with Crippen LogP contribution < -0.4 is 0 Å². The number of rotatable bonds is 5. The summed E-state index contributed by atoms with van der Waals surface area (Å²) in [5, 5.41) is 16.7. The number of aliphatic hydroxyl groups excluding tert-OH is 1. The predicted octanol–water partition coefficient (Wildman–Crippen LogP) is 3.58. The first-order valence-electron chi connectivity index (χ1n) is 9.49. The number of hydrogen-bond acceptors (Lipinski definition) is 6. The maximum atomic E-state index is 13.3. The van der Waals surface area contributed by atoms with Gasteiger partial charge in [0.25, 0.3) is 0 Å². The lowest BCUT2D eigenvalue weighted by Crippen LogP contribution is -2.34. The maximum absolute atomic E-state index is 13.3. The van der Waals surface area contributed by atoms with Gasteiger partial charge in [-0.05, 0) is 62.1 Å². The average molecular weight is 436 g/mol. The molecule has 3 heterocycles. The van der Waals surface area contributed by atoms with Crippen molar-refractivity contribution in [3.8, 4) is 0 Å². The Bertz CT molecular complexity index is 1140. The first kappa shape index (κ1) is 22.7. The number of hydrogen-bond donors (Lipinski definition) is 1. The molecular weight excluding hydrogens is 413 g/mol. The van der Waals surface area contributed by atoms with Crippen LogP contribution in [-0.2, 0) is 22.3 Å². The summed E-state index contributed by atoms with van der Waals surface area (Å²) in [5.41, 5.74) is 1.79. The lowest BCUT2D eigenvalue weighted by atomic mass is 9.71. The average Bonchev–Trinajstić information content (AvgIpc) is 3.15. The summed E-state index contributed by atoms with van der Waals surface area (Å²) in [5.74, 6) is -2.32. The molecule has 3 aromatic rings. The van der Waals surface area contributed by atoms with E-state index in [4.69, 9.17) is 4.74 Å². The van der Waals surface area contributed by atoms with Gasteiger partial charge in [0, 0.05) is 24.0 Å². The largest absolute Gasteiger partial charge is 0.469 e. The van der Waals surface area contributed by atoms with Crippen molar-refractivity contribution < 1.29 is 27.8 Å². The van der Waals surface area contributed by atoms with Gasteiger partial charge >= 0.3 is 12.1 Å². The molecule has 0 spiro atoms. The summed E-state index contributed by atoms with van der Waals surface area (Å²) in [6.45, 7) is 6.57. The van der Waals surface area contributed by atoms with Crippen molar-refractivity contribution in [1.82, 2.24) is 19.6 Å². The number of carbonyl (C=O) groups is 1. The molecule has 0 aromatic carbocycles. The SMILES string of the molecule is COC(=O)C(C)(C)C(c1cc(CO)c(C)cn1)c1ccn2c(C(F)(F)F)nnc2c1C. The van der Waals surface area contributed by atoms with E-state index in [1.807, 2.05) is 0 Å². The van der Waals surface area contributed by atoms with Gasteiger partial charge in [-0.25, -0.2) is 0 Å². The van der Waals surface area contributed by atoms with Crippen LogP contribution in [0.4, 0.5) is 13.2 Å². The van der Waals surface area contributed by atoms with Gasteiger partial charge in [0.2, 0.25) is 5.82 Å². The number of nitrogens with zero attached hydrogens (tertiary/aromatic N) is 4. The van der Waals surface area contributed by atoms with Crippen molar-refractivity contribution in [2.45, 2.75) is 46.4 Å². The summed E-state index contributed by atoms with van der Waals surface area (Å²) in [4.78, 5) is 17.1. The Labute approximate surface area is 176 Å². The number of esters is 1. The number of pyridine rings is 2. The minimum Gasteiger partial charge on any atom is -0.469 e. The second-order valence-corrected chi connectivity index (χ2v) is 7.95. The summed E-state index contributed by atoms with van der Waals surface area (Å²) in [6.07, 6.45) is -1.83. The van der Waals surface area contributed by atoms with Gasteiger partial charge in [-0.2, -0.15) is 13.2 Å². The summed E-state index contributed by atoms with van der Waals surface area (Å²) in [7, 11) is 1.27. The molecule has 166 valence electrons. The molecule has 3 aromatic heterocycles. The molecular formula is C21H23F3N4O3. The van der Waals surface area contributed by atoms with Gasteiger partial charge < -0.3 is 9.84 Å². The fraction of sp³-hybridized carbons (Fsp3) is 0.429. The Morgan fingerprint density at radius 1 is 1.26 bits per heavy atom. The highest BCUT2D eigenvalue weighted by Crippen LogP contribution is 2.43. The molecule has 1 N–H and O–H groups in total. The third-order valence-electron chi connectivity index (χ3n) is 5.57. The van der Waals surface area contributed by atoms with Crippen molar-refractivity contribution in [2.75, 3.05) is 7.11 Å². The lowest BCUT2D eigenvalue weighted by molar-refractivity contribution is -0.151. The zero-order valence-corrected chi connectivity index (χ0v) is 17.8. The molecule has 7 nitrogen and oxygen atoms in total.